The van der Waals surface area contributed by atoms with Crippen LogP contribution in [0.25, 0.3) is 0 Å². The average Bonchev–Trinajstić information content (AvgIpc) is 3.08. The maximum absolute atomic E-state index is 12.3. The van der Waals surface area contributed by atoms with Crippen molar-refractivity contribution < 1.29 is 14.3 Å². The van der Waals surface area contributed by atoms with E-state index in [2.05, 4.69) is 20.2 Å². The van der Waals surface area contributed by atoms with E-state index in [9.17, 15) is 4.79 Å². The highest BCUT2D eigenvalue weighted by molar-refractivity contribution is 5.78. The minimum Gasteiger partial charge on any atom is -0.490 e. The molecule has 26 heavy (non-hydrogen) atoms. The number of likely N-dealkylation sites (tertiary alicyclic amines) is 1. The second-order valence-corrected chi connectivity index (χ2v) is 6.31. The summed E-state index contributed by atoms with van der Waals surface area (Å²) in [6.45, 7) is 2.02. The van der Waals surface area contributed by atoms with E-state index in [0.717, 1.165) is 24.3 Å². The van der Waals surface area contributed by atoms with E-state index in [0.29, 0.717) is 19.7 Å². The van der Waals surface area contributed by atoms with Crippen LogP contribution in [0.4, 0.5) is 0 Å². The Balaban J connectivity index is 1.51. The Hall–Kier alpha value is -2.51. The van der Waals surface area contributed by atoms with Gasteiger partial charge in [0, 0.05) is 44.8 Å². The van der Waals surface area contributed by atoms with Gasteiger partial charge in [-0.1, -0.05) is 6.07 Å². The smallest absolute Gasteiger partial charge is 0.234 e. The van der Waals surface area contributed by atoms with E-state index in [1.165, 1.54) is 0 Å². The summed E-state index contributed by atoms with van der Waals surface area (Å²) in [7, 11) is 1.70. The molecule has 0 saturated carbocycles. The molecular weight excluding hydrogens is 332 g/mol. The fourth-order valence-corrected chi connectivity index (χ4v) is 3.04. The van der Waals surface area contributed by atoms with Gasteiger partial charge in [-0.15, -0.1) is 0 Å². The number of hydrogen-bond acceptors (Lipinski definition) is 6. The van der Waals surface area contributed by atoms with Gasteiger partial charge in [-0.05, 0) is 30.2 Å². The number of amides is 1. The van der Waals surface area contributed by atoms with Crippen LogP contribution in [-0.4, -0.2) is 59.7 Å². The molecule has 1 amide bonds. The van der Waals surface area contributed by atoms with Gasteiger partial charge in [0.15, 0.2) is 0 Å². The monoisotopic (exact) mass is 356 g/mol. The first-order valence-corrected chi connectivity index (χ1v) is 8.70. The van der Waals surface area contributed by atoms with Crippen molar-refractivity contribution in [3.63, 3.8) is 0 Å². The molecule has 3 rings (SSSR count). The summed E-state index contributed by atoms with van der Waals surface area (Å²) in [5.74, 6) is 0.714. The maximum Gasteiger partial charge on any atom is 0.234 e. The molecule has 1 saturated heterocycles. The lowest BCUT2D eigenvalue weighted by Crippen LogP contribution is -2.42. The van der Waals surface area contributed by atoms with Gasteiger partial charge in [0.2, 0.25) is 5.91 Å². The van der Waals surface area contributed by atoms with Crippen LogP contribution in [0.1, 0.15) is 12.0 Å². The molecule has 0 unspecified atom stereocenters. The normalized spacial score (nSPS) is 20.0. The summed E-state index contributed by atoms with van der Waals surface area (Å²) in [4.78, 5) is 22.5. The number of hydrogen-bond donors (Lipinski definition) is 1. The lowest BCUT2D eigenvalue weighted by molar-refractivity contribution is -0.122. The van der Waals surface area contributed by atoms with Crippen molar-refractivity contribution >= 4 is 5.91 Å². The lowest BCUT2D eigenvalue weighted by Gasteiger charge is -2.23. The number of aromatic nitrogens is 2. The predicted molar refractivity (Wildman–Crippen MR) is 96.6 cm³/mol. The third kappa shape index (κ3) is 5.24. The average molecular weight is 356 g/mol. The molecule has 0 aromatic carbocycles. The number of nitrogens with one attached hydrogen (secondary N) is 1. The van der Waals surface area contributed by atoms with Gasteiger partial charge >= 0.3 is 0 Å². The molecule has 0 bridgehead atoms. The fourth-order valence-electron chi connectivity index (χ4n) is 3.04. The highest BCUT2D eigenvalue weighted by Gasteiger charge is 2.33. The maximum atomic E-state index is 12.3. The van der Waals surface area contributed by atoms with Crippen molar-refractivity contribution in [3.05, 3.63) is 54.6 Å². The molecule has 1 aliphatic heterocycles. The Labute approximate surface area is 153 Å². The van der Waals surface area contributed by atoms with Gasteiger partial charge in [-0.25, -0.2) is 0 Å². The van der Waals surface area contributed by atoms with Crippen molar-refractivity contribution in [1.29, 1.82) is 0 Å². The summed E-state index contributed by atoms with van der Waals surface area (Å²) >= 11 is 0. The van der Waals surface area contributed by atoms with E-state index in [1.807, 2.05) is 24.3 Å². The first kappa shape index (κ1) is 18.3. The van der Waals surface area contributed by atoms with Crippen LogP contribution in [0.15, 0.2) is 49.1 Å². The predicted octanol–water partition coefficient (Wildman–Crippen LogP) is 1.26. The van der Waals surface area contributed by atoms with E-state index in [-0.39, 0.29) is 18.1 Å². The van der Waals surface area contributed by atoms with Gasteiger partial charge in [-0.3, -0.25) is 19.7 Å². The molecule has 2 atom stereocenters. The second kappa shape index (κ2) is 9.26. The number of carbonyl (C=O) groups excluding carboxylic acids is 1. The Kier molecular flexibility index (Phi) is 6.51. The molecule has 2 aromatic heterocycles. The number of ether oxygens (including phenoxy) is 2. The van der Waals surface area contributed by atoms with Crippen LogP contribution in [0.5, 0.6) is 5.75 Å². The molecule has 7 nitrogen and oxygen atoms in total. The molecule has 2 aromatic rings. The third-order valence-corrected chi connectivity index (χ3v) is 4.46. The van der Waals surface area contributed by atoms with Gasteiger partial charge in [-0.2, -0.15) is 0 Å². The quantitative estimate of drug-likeness (QED) is 0.767. The summed E-state index contributed by atoms with van der Waals surface area (Å²) in [6, 6.07) is 7.64. The molecule has 138 valence electrons. The Morgan fingerprint density at radius 2 is 2.08 bits per heavy atom. The first-order chi connectivity index (χ1) is 12.7. The van der Waals surface area contributed by atoms with Gasteiger partial charge < -0.3 is 14.8 Å². The number of rotatable bonds is 8. The topological polar surface area (TPSA) is 76.6 Å². The van der Waals surface area contributed by atoms with E-state index in [1.54, 1.807) is 31.9 Å². The zero-order valence-electron chi connectivity index (χ0n) is 14.9. The molecule has 1 aliphatic rings. The van der Waals surface area contributed by atoms with Gasteiger partial charge in [0.25, 0.3) is 0 Å². The van der Waals surface area contributed by atoms with Crippen molar-refractivity contribution in [2.24, 2.45) is 0 Å². The molecule has 0 aliphatic carbocycles. The van der Waals surface area contributed by atoms with Gasteiger partial charge in [0.05, 0.1) is 18.8 Å². The van der Waals surface area contributed by atoms with Crippen LogP contribution >= 0.6 is 0 Å². The van der Waals surface area contributed by atoms with Crippen LogP contribution < -0.4 is 10.1 Å². The lowest BCUT2D eigenvalue weighted by atomic mass is 10.2. The molecule has 3 heterocycles. The molecule has 0 spiro atoms. The summed E-state index contributed by atoms with van der Waals surface area (Å²) in [6.07, 6.45) is 7.82. The van der Waals surface area contributed by atoms with Crippen LogP contribution in [0.3, 0.4) is 0 Å². The van der Waals surface area contributed by atoms with Crippen molar-refractivity contribution in [2.75, 3.05) is 26.8 Å². The summed E-state index contributed by atoms with van der Waals surface area (Å²) in [5.41, 5.74) is 0.980. The van der Waals surface area contributed by atoms with E-state index < -0.39 is 0 Å². The van der Waals surface area contributed by atoms with Crippen LogP contribution in [-0.2, 0) is 16.1 Å². The summed E-state index contributed by atoms with van der Waals surface area (Å²) in [5, 5.41) is 2.94. The highest BCUT2D eigenvalue weighted by atomic mass is 16.5. The zero-order valence-corrected chi connectivity index (χ0v) is 14.9. The minimum atomic E-state index is -0.0167. The second-order valence-electron chi connectivity index (χ2n) is 6.31. The van der Waals surface area contributed by atoms with Crippen molar-refractivity contribution in [2.45, 2.75) is 25.1 Å². The standard InChI is InChI=1S/C19H24N4O3/c1-25-18-8-16(14-26-17-5-3-7-21-11-17)23(12-18)13-19(24)22-10-15-4-2-6-20-9-15/h2-7,9,11,16,18H,8,10,12-14H2,1H3,(H,22,24)/t16-,18+/m0/s1. The van der Waals surface area contributed by atoms with Crippen molar-refractivity contribution in [3.8, 4) is 5.75 Å². The molecule has 1 N–H and O–H groups in total. The molecule has 1 fully saturated rings. The number of nitrogens with zero attached hydrogens (tertiary/aromatic N) is 3. The largest absolute Gasteiger partial charge is 0.490 e. The number of carbonyl (C=O) groups is 1. The SMILES string of the molecule is CO[C@@H]1C[C@@H](COc2cccnc2)N(CC(=O)NCc2cccnc2)C1. The Morgan fingerprint density at radius 1 is 1.27 bits per heavy atom. The first-order valence-electron chi connectivity index (χ1n) is 8.70. The van der Waals surface area contributed by atoms with Crippen LogP contribution in [0.2, 0.25) is 0 Å². The molecule has 0 radical (unpaired) electrons. The summed E-state index contributed by atoms with van der Waals surface area (Å²) < 4.78 is 11.3. The zero-order chi connectivity index (χ0) is 18.2. The van der Waals surface area contributed by atoms with Gasteiger partial charge in [0.1, 0.15) is 12.4 Å². The Bertz CT molecular complexity index is 684. The molecule has 7 heteroatoms. The minimum absolute atomic E-state index is 0.0167. The number of pyridine rings is 2. The third-order valence-electron chi connectivity index (χ3n) is 4.46. The van der Waals surface area contributed by atoms with E-state index >= 15 is 0 Å². The van der Waals surface area contributed by atoms with E-state index in [4.69, 9.17) is 9.47 Å². The Morgan fingerprint density at radius 3 is 2.77 bits per heavy atom. The number of methoxy groups -OCH3 is 1. The van der Waals surface area contributed by atoms with Crippen molar-refractivity contribution in [1.82, 2.24) is 20.2 Å². The fraction of sp³-hybridized carbons (Fsp3) is 0.421. The molecular formula is C19H24N4O3. The highest BCUT2D eigenvalue weighted by Crippen LogP contribution is 2.21. The van der Waals surface area contributed by atoms with Crippen LogP contribution in [0, 0.1) is 0 Å².